The number of ether oxygens (including phenoxy) is 2. The summed E-state index contributed by atoms with van der Waals surface area (Å²) in [7, 11) is -4.40. The minimum atomic E-state index is -4.40. The molecule has 0 saturated carbocycles. The molecule has 2 atom stereocenters. The minimum Gasteiger partial charge on any atom is -0.462 e. The Morgan fingerprint density at radius 1 is 0.449 bits per heavy atom. The number of esters is 2. The molecule has 10 heteroatoms. The topological polar surface area (TPSA) is 134 Å². The van der Waals surface area contributed by atoms with Crippen LogP contribution in [0.4, 0.5) is 0 Å². The Hall–Kier alpha value is -3.07. The van der Waals surface area contributed by atoms with E-state index in [0.717, 1.165) is 103 Å². The molecule has 0 aliphatic carbocycles. The number of allylic oxidation sites excluding steroid dienone is 16. The van der Waals surface area contributed by atoms with Gasteiger partial charge in [-0.1, -0.05) is 220 Å². The molecule has 0 amide bonds. The van der Waals surface area contributed by atoms with Crippen LogP contribution in [-0.2, 0) is 32.7 Å². The van der Waals surface area contributed by atoms with Crippen LogP contribution in [0.3, 0.4) is 0 Å². The average Bonchev–Trinajstić information content (AvgIpc) is 3.34. The van der Waals surface area contributed by atoms with Crippen LogP contribution in [0.25, 0.3) is 0 Å². The first-order valence-electron chi connectivity index (χ1n) is 27.7. The fourth-order valence-corrected chi connectivity index (χ4v) is 8.14. The van der Waals surface area contributed by atoms with Gasteiger partial charge in [-0.15, -0.1) is 0 Å². The first-order chi connectivity index (χ1) is 33.8. The van der Waals surface area contributed by atoms with Crippen LogP contribution in [0.1, 0.15) is 232 Å². The van der Waals surface area contributed by atoms with Crippen molar-refractivity contribution in [3.63, 3.8) is 0 Å². The van der Waals surface area contributed by atoms with Gasteiger partial charge in [-0.05, 0) is 96.3 Å². The number of rotatable bonds is 51. The van der Waals surface area contributed by atoms with Crippen LogP contribution in [0.15, 0.2) is 97.2 Å². The van der Waals surface area contributed by atoms with Crippen LogP contribution in [0.2, 0.25) is 0 Å². The number of hydrogen-bond donors (Lipinski definition) is 2. The van der Waals surface area contributed by atoms with Gasteiger partial charge in [-0.3, -0.25) is 18.6 Å². The Bertz CT molecular complexity index is 1450. The van der Waals surface area contributed by atoms with Gasteiger partial charge in [0.25, 0.3) is 0 Å². The van der Waals surface area contributed by atoms with Crippen molar-refractivity contribution in [2.45, 2.75) is 238 Å². The third-order valence-corrected chi connectivity index (χ3v) is 12.4. The molecule has 0 aliphatic heterocycles. The number of carbonyl (C=O) groups excluding carboxylic acids is 2. The molecule has 0 aromatic heterocycles. The minimum absolute atomic E-state index is 0.0459. The van der Waals surface area contributed by atoms with Gasteiger partial charge in [0.15, 0.2) is 6.10 Å². The van der Waals surface area contributed by atoms with Gasteiger partial charge < -0.3 is 20.1 Å². The molecule has 2 unspecified atom stereocenters. The van der Waals surface area contributed by atoms with Crippen LogP contribution in [0.5, 0.6) is 0 Å². The normalized spacial score (nSPS) is 13.9. The summed E-state index contributed by atoms with van der Waals surface area (Å²) < 4.78 is 33.0. The Balaban J connectivity index is 4.06. The van der Waals surface area contributed by atoms with Gasteiger partial charge in [-0.25, -0.2) is 4.57 Å². The molecule has 0 saturated heterocycles. The van der Waals surface area contributed by atoms with E-state index in [1.165, 1.54) is 96.3 Å². The van der Waals surface area contributed by atoms with Gasteiger partial charge in [-0.2, -0.15) is 0 Å². The maximum Gasteiger partial charge on any atom is 0.472 e. The van der Waals surface area contributed by atoms with Crippen molar-refractivity contribution in [2.75, 3.05) is 26.4 Å². The highest BCUT2D eigenvalue weighted by molar-refractivity contribution is 7.47. The lowest BCUT2D eigenvalue weighted by atomic mass is 10.1. The average molecular weight is 984 g/mol. The first-order valence-corrected chi connectivity index (χ1v) is 29.2. The Labute approximate surface area is 423 Å². The van der Waals surface area contributed by atoms with E-state index < -0.39 is 32.5 Å². The Kier molecular flexibility index (Phi) is 51.9. The molecule has 0 heterocycles. The molecule has 0 bridgehead atoms. The molecule has 0 fully saturated rings. The smallest absolute Gasteiger partial charge is 0.462 e. The second kappa shape index (κ2) is 54.3. The van der Waals surface area contributed by atoms with Crippen molar-refractivity contribution >= 4 is 19.8 Å². The van der Waals surface area contributed by atoms with Crippen LogP contribution in [0, 0.1) is 0 Å². The van der Waals surface area contributed by atoms with E-state index in [1.807, 2.05) is 0 Å². The summed E-state index contributed by atoms with van der Waals surface area (Å²) in [6, 6.07) is 0. The lowest BCUT2D eigenvalue weighted by Crippen LogP contribution is -2.29. The number of nitrogens with two attached hydrogens (primary N) is 1. The van der Waals surface area contributed by atoms with Crippen molar-refractivity contribution < 1.29 is 37.6 Å². The van der Waals surface area contributed by atoms with E-state index in [1.54, 1.807) is 0 Å². The lowest BCUT2D eigenvalue weighted by Gasteiger charge is -2.19. The molecule has 0 aliphatic rings. The SMILES string of the molecule is CC/C=C\C/C=C\C/C=C\C/C=C\C/C=C\CCCCCCCCCC(=O)OC(COC(=O)CCCCCCCCCCCC/C=C\C/C=C\C/C=C\CCCCCCC)COP(=O)(O)OCCN. The molecule has 0 radical (unpaired) electrons. The highest BCUT2D eigenvalue weighted by atomic mass is 31.2. The summed E-state index contributed by atoms with van der Waals surface area (Å²) in [6.07, 6.45) is 71.6. The third kappa shape index (κ3) is 54.1. The van der Waals surface area contributed by atoms with Crippen molar-refractivity contribution in [3.8, 4) is 0 Å². The van der Waals surface area contributed by atoms with Crippen LogP contribution >= 0.6 is 7.82 Å². The Morgan fingerprint density at radius 3 is 1.19 bits per heavy atom. The monoisotopic (exact) mass is 984 g/mol. The van der Waals surface area contributed by atoms with Crippen molar-refractivity contribution in [2.24, 2.45) is 5.73 Å². The summed E-state index contributed by atoms with van der Waals surface area (Å²) in [5.41, 5.74) is 5.38. The summed E-state index contributed by atoms with van der Waals surface area (Å²) >= 11 is 0. The highest BCUT2D eigenvalue weighted by Gasteiger charge is 2.26. The number of hydrogen-bond acceptors (Lipinski definition) is 8. The third-order valence-electron chi connectivity index (χ3n) is 11.5. The van der Waals surface area contributed by atoms with Gasteiger partial charge in [0.2, 0.25) is 0 Å². The molecule has 0 aromatic carbocycles. The molecule has 3 N–H and O–H groups in total. The van der Waals surface area contributed by atoms with E-state index in [4.69, 9.17) is 24.3 Å². The molecular weight excluding hydrogens is 882 g/mol. The van der Waals surface area contributed by atoms with Crippen molar-refractivity contribution in [3.05, 3.63) is 97.2 Å². The maximum atomic E-state index is 12.7. The summed E-state index contributed by atoms with van der Waals surface area (Å²) in [5, 5.41) is 0. The zero-order valence-electron chi connectivity index (χ0n) is 44.0. The highest BCUT2D eigenvalue weighted by Crippen LogP contribution is 2.43. The van der Waals surface area contributed by atoms with E-state index in [9.17, 15) is 19.0 Å². The molecule has 69 heavy (non-hydrogen) atoms. The fourth-order valence-electron chi connectivity index (χ4n) is 7.37. The largest absolute Gasteiger partial charge is 0.472 e. The zero-order chi connectivity index (χ0) is 50.2. The predicted molar refractivity (Wildman–Crippen MR) is 293 cm³/mol. The van der Waals surface area contributed by atoms with Gasteiger partial charge >= 0.3 is 19.8 Å². The predicted octanol–water partition coefficient (Wildman–Crippen LogP) is 17.3. The molecule has 0 spiro atoms. The van der Waals surface area contributed by atoms with Gasteiger partial charge in [0.1, 0.15) is 6.61 Å². The summed E-state index contributed by atoms with van der Waals surface area (Å²) in [4.78, 5) is 35.2. The van der Waals surface area contributed by atoms with Crippen molar-refractivity contribution in [1.29, 1.82) is 0 Å². The number of carbonyl (C=O) groups is 2. The van der Waals surface area contributed by atoms with E-state index >= 15 is 0 Å². The van der Waals surface area contributed by atoms with E-state index in [0.29, 0.717) is 6.42 Å². The molecule has 396 valence electrons. The van der Waals surface area contributed by atoms with Crippen LogP contribution < -0.4 is 5.73 Å². The fraction of sp³-hybridized carbons (Fsp3) is 0.695. The lowest BCUT2D eigenvalue weighted by molar-refractivity contribution is -0.161. The molecule has 0 aromatic rings. The zero-order valence-corrected chi connectivity index (χ0v) is 44.9. The maximum absolute atomic E-state index is 12.7. The Morgan fingerprint density at radius 2 is 0.797 bits per heavy atom. The number of phosphoric acid groups is 1. The first kappa shape index (κ1) is 65.9. The molecule has 0 rings (SSSR count). The quantitative estimate of drug-likeness (QED) is 0.0264. The number of unbranched alkanes of at least 4 members (excludes halogenated alkanes) is 22. The van der Waals surface area contributed by atoms with Gasteiger partial charge in [0.05, 0.1) is 13.2 Å². The van der Waals surface area contributed by atoms with E-state index in [2.05, 4.69) is 111 Å². The summed E-state index contributed by atoms with van der Waals surface area (Å²) in [5.74, 6) is -0.848. The van der Waals surface area contributed by atoms with Crippen molar-refractivity contribution in [1.82, 2.24) is 0 Å². The second-order valence-corrected chi connectivity index (χ2v) is 19.5. The second-order valence-electron chi connectivity index (χ2n) is 18.1. The number of phosphoric ester groups is 1. The molecular formula is C59H102NO8P. The standard InChI is InChI=1S/C59H102NO8P/c1-3-5-7-9-11-13-15-17-19-21-23-25-27-28-30-31-33-35-37-39-41-43-45-47-49-51-58(61)65-55-57(56-67-69(63,64)66-54-53-60)68-59(62)52-50-48-46-44-42-40-38-36-34-32-29-26-24-22-20-18-16-14-12-10-8-6-4-2/h6,8,12,14-15,17-18,20-21,23-24,26-28,32,34,57H,3-5,7,9-11,13,16,19,22,25,29-31,33,35-56,60H2,1-2H3,(H,63,64)/b8-6-,14-12-,17-15-,20-18-,23-21-,26-24-,28-27-,34-32-. The summed E-state index contributed by atoms with van der Waals surface area (Å²) in [6.45, 7) is 3.60. The molecule has 9 nitrogen and oxygen atoms in total. The van der Waals surface area contributed by atoms with E-state index in [-0.39, 0.29) is 32.6 Å². The van der Waals surface area contributed by atoms with Gasteiger partial charge in [0, 0.05) is 19.4 Å². The van der Waals surface area contributed by atoms with Crippen LogP contribution in [-0.4, -0.2) is 49.3 Å².